The number of nitrogens with one attached hydrogen (secondary N) is 2. The molecular weight excluding hydrogens is 454 g/mol. The summed E-state index contributed by atoms with van der Waals surface area (Å²) in [5.41, 5.74) is 2.97. The summed E-state index contributed by atoms with van der Waals surface area (Å²) in [6.07, 6.45) is 0. The standard InChI is InChI=1S/C25H27N3O5S/c1-17-8-11-22(12-9-17)28(34(31,32)24-14-18(2)10-13-23(24)33-4)16-25(30)27-21-7-5-6-20(15-21)26-19(3)29/h5-15H,16H2,1-4H3,(H,26,29)(H,27,30). The van der Waals surface area contributed by atoms with Crippen LogP contribution in [0.5, 0.6) is 5.75 Å². The highest BCUT2D eigenvalue weighted by molar-refractivity contribution is 7.93. The molecule has 3 rings (SSSR count). The lowest BCUT2D eigenvalue weighted by molar-refractivity contribution is -0.115. The first-order valence-corrected chi connectivity index (χ1v) is 12.0. The Morgan fingerprint density at radius 2 is 1.50 bits per heavy atom. The van der Waals surface area contributed by atoms with E-state index in [0.717, 1.165) is 15.4 Å². The van der Waals surface area contributed by atoms with Crippen LogP contribution in [0.3, 0.4) is 0 Å². The monoisotopic (exact) mass is 481 g/mol. The summed E-state index contributed by atoms with van der Waals surface area (Å²) in [7, 11) is -2.76. The summed E-state index contributed by atoms with van der Waals surface area (Å²) in [6, 6.07) is 18.3. The summed E-state index contributed by atoms with van der Waals surface area (Å²) >= 11 is 0. The van der Waals surface area contributed by atoms with Gasteiger partial charge in [0.2, 0.25) is 11.8 Å². The number of rotatable bonds is 8. The topological polar surface area (TPSA) is 105 Å². The van der Waals surface area contributed by atoms with E-state index in [2.05, 4.69) is 10.6 Å². The molecule has 8 nitrogen and oxygen atoms in total. The number of amides is 2. The van der Waals surface area contributed by atoms with Crippen molar-refractivity contribution in [3.05, 3.63) is 77.9 Å². The van der Waals surface area contributed by atoms with Crippen LogP contribution in [-0.2, 0) is 19.6 Å². The van der Waals surface area contributed by atoms with Crippen LogP contribution in [-0.4, -0.2) is 33.9 Å². The molecule has 0 aliphatic carbocycles. The van der Waals surface area contributed by atoms with Gasteiger partial charge in [-0.2, -0.15) is 0 Å². The van der Waals surface area contributed by atoms with Crippen LogP contribution >= 0.6 is 0 Å². The molecule has 2 N–H and O–H groups in total. The molecule has 0 unspecified atom stereocenters. The van der Waals surface area contributed by atoms with E-state index in [-0.39, 0.29) is 16.6 Å². The number of nitrogens with zero attached hydrogens (tertiary/aromatic N) is 1. The maximum Gasteiger partial charge on any atom is 0.268 e. The highest BCUT2D eigenvalue weighted by atomic mass is 32.2. The van der Waals surface area contributed by atoms with E-state index in [1.54, 1.807) is 67.6 Å². The Morgan fingerprint density at radius 3 is 2.12 bits per heavy atom. The molecule has 3 aromatic carbocycles. The number of sulfonamides is 1. The summed E-state index contributed by atoms with van der Waals surface area (Å²) in [6.45, 7) is 4.59. The summed E-state index contributed by atoms with van der Waals surface area (Å²) in [4.78, 5) is 24.2. The molecule has 2 amide bonds. The van der Waals surface area contributed by atoms with Gasteiger partial charge in [0.1, 0.15) is 17.2 Å². The maximum atomic E-state index is 13.7. The molecule has 0 saturated carbocycles. The van der Waals surface area contributed by atoms with Crippen molar-refractivity contribution in [2.24, 2.45) is 0 Å². The average Bonchev–Trinajstić information content (AvgIpc) is 2.78. The van der Waals surface area contributed by atoms with Crippen molar-refractivity contribution in [2.75, 3.05) is 28.6 Å². The van der Waals surface area contributed by atoms with Crippen molar-refractivity contribution in [1.82, 2.24) is 0 Å². The van der Waals surface area contributed by atoms with Crippen molar-refractivity contribution in [2.45, 2.75) is 25.7 Å². The molecule has 34 heavy (non-hydrogen) atoms. The number of aryl methyl sites for hydroxylation is 2. The number of ether oxygens (including phenoxy) is 1. The highest BCUT2D eigenvalue weighted by Gasteiger charge is 2.30. The fourth-order valence-corrected chi connectivity index (χ4v) is 5.00. The van der Waals surface area contributed by atoms with Crippen LogP contribution in [0.4, 0.5) is 17.1 Å². The third kappa shape index (κ3) is 5.93. The second kappa shape index (κ2) is 10.4. The van der Waals surface area contributed by atoms with Gasteiger partial charge in [0.15, 0.2) is 0 Å². The number of carbonyl (C=O) groups excluding carboxylic acids is 2. The minimum Gasteiger partial charge on any atom is -0.495 e. The van der Waals surface area contributed by atoms with E-state index in [9.17, 15) is 18.0 Å². The number of hydrogen-bond donors (Lipinski definition) is 2. The van der Waals surface area contributed by atoms with Gasteiger partial charge in [-0.3, -0.25) is 13.9 Å². The van der Waals surface area contributed by atoms with Crippen LogP contribution in [0, 0.1) is 13.8 Å². The van der Waals surface area contributed by atoms with E-state index in [0.29, 0.717) is 17.1 Å². The number of methoxy groups -OCH3 is 1. The van der Waals surface area contributed by atoms with E-state index < -0.39 is 22.5 Å². The predicted molar refractivity (Wildman–Crippen MR) is 133 cm³/mol. The largest absolute Gasteiger partial charge is 0.495 e. The third-order valence-electron chi connectivity index (χ3n) is 4.96. The first-order chi connectivity index (χ1) is 16.1. The van der Waals surface area contributed by atoms with Gasteiger partial charge in [-0.05, 0) is 61.9 Å². The number of hydrogen-bond acceptors (Lipinski definition) is 5. The van der Waals surface area contributed by atoms with Crippen LogP contribution in [0.2, 0.25) is 0 Å². The van der Waals surface area contributed by atoms with Crippen LogP contribution in [0.25, 0.3) is 0 Å². The molecule has 0 aromatic heterocycles. The summed E-state index contributed by atoms with van der Waals surface area (Å²) in [5.74, 6) is -0.603. The Morgan fingerprint density at radius 1 is 0.882 bits per heavy atom. The van der Waals surface area contributed by atoms with Crippen molar-refractivity contribution >= 4 is 38.9 Å². The van der Waals surface area contributed by atoms with Gasteiger partial charge in [-0.15, -0.1) is 0 Å². The SMILES string of the molecule is COc1ccc(C)cc1S(=O)(=O)N(CC(=O)Nc1cccc(NC(C)=O)c1)c1ccc(C)cc1. The van der Waals surface area contributed by atoms with E-state index in [4.69, 9.17) is 4.74 Å². The third-order valence-corrected chi connectivity index (χ3v) is 6.76. The Labute approximate surface area is 199 Å². The molecule has 0 radical (unpaired) electrons. The van der Waals surface area contributed by atoms with Gasteiger partial charge >= 0.3 is 0 Å². The average molecular weight is 482 g/mol. The molecule has 0 heterocycles. The van der Waals surface area contributed by atoms with E-state index in [1.165, 1.54) is 20.1 Å². The van der Waals surface area contributed by atoms with Gasteiger partial charge in [-0.1, -0.05) is 29.8 Å². The van der Waals surface area contributed by atoms with Crippen LogP contribution in [0.1, 0.15) is 18.1 Å². The van der Waals surface area contributed by atoms with Gasteiger partial charge in [0, 0.05) is 18.3 Å². The van der Waals surface area contributed by atoms with Crippen molar-refractivity contribution in [1.29, 1.82) is 0 Å². The maximum absolute atomic E-state index is 13.7. The second-order valence-electron chi connectivity index (χ2n) is 7.81. The predicted octanol–water partition coefficient (Wildman–Crippen LogP) is 4.10. The van der Waals surface area contributed by atoms with Crippen LogP contribution in [0.15, 0.2) is 71.6 Å². The Kier molecular flexibility index (Phi) is 7.57. The molecule has 0 saturated heterocycles. The smallest absolute Gasteiger partial charge is 0.268 e. The fourth-order valence-electron chi connectivity index (χ4n) is 3.34. The lowest BCUT2D eigenvalue weighted by Gasteiger charge is -2.25. The van der Waals surface area contributed by atoms with Crippen molar-refractivity contribution in [3.63, 3.8) is 0 Å². The van der Waals surface area contributed by atoms with Gasteiger partial charge in [0.05, 0.1) is 12.8 Å². The quantitative estimate of drug-likeness (QED) is 0.504. The molecule has 0 fully saturated rings. The van der Waals surface area contributed by atoms with Crippen LogP contribution < -0.4 is 19.7 Å². The molecule has 3 aromatic rings. The van der Waals surface area contributed by atoms with Gasteiger partial charge in [-0.25, -0.2) is 8.42 Å². The Balaban J connectivity index is 1.96. The number of anilines is 3. The van der Waals surface area contributed by atoms with Crippen molar-refractivity contribution in [3.8, 4) is 5.75 Å². The molecule has 178 valence electrons. The zero-order valence-corrected chi connectivity index (χ0v) is 20.3. The first-order valence-electron chi connectivity index (χ1n) is 10.5. The minimum atomic E-state index is -4.15. The minimum absolute atomic E-state index is 0.0315. The highest BCUT2D eigenvalue weighted by Crippen LogP contribution is 2.31. The lowest BCUT2D eigenvalue weighted by atomic mass is 10.2. The summed E-state index contributed by atoms with van der Waals surface area (Å²) in [5, 5.41) is 5.35. The Bertz CT molecular complexity index is 1300. The molecular formula is C25H27N3O5S. The van der Waals surface area contributed by atoms with Gasteiger partial charge < -0.3 is 15.4 Å². The molecule has 0 bridgehead atoms. The molecule has 0 aliphatic rings. The summed E-state index contributed by atoms with van der Waals surface area (Å²) < 4.78 is 33.8. The fraction of sp³-hybridized carbons (Fsp3) is 0.200. The first kappa shape index (κ1) is 24.8. The van der Waals surface area contributed by atoms with E-state index >= 15 is 0 Å². The number of benzene rings is 3. The van der Waals surface area contributed by atoms with Crippen molar-refractivity contribution < 1.29 is 22.7 Å². The Hall–Kier alpha value is -3.85. The lowest BCUT2D eigenvalue weighted by Crippen LogP contribution is -2.38. The molecule has 0 aliphatic heterocycles. The normalized spacial score (nSPS) is 10.9. The van der Waals surface area contributed by atoms with E-state index in [1.807, 2.05) is 6.92 Å². The number of carbonyl (C=O) groups is 2. The van der Waals surface area contributed by atoms with Gasteiger partial charge in [0.25, 0.3) is 10.0 Å². The molecule has 9 heteroatoms. The molecule has 0 atom stereocenters. The zero-order chi connectivity index (χ0) is 24.9. The second-order valence-corrected chi connectivity index (χ2v) is 9.64. The molecule has 0 spiro atoms. The zero-order valence-electron chi connectivity index (χ0n) is 19.5.